The summed E-state index contributed by atoms with van der Waals surface area (Å²) in [7, 11) is 1.85. The van der Waals surface area contributed by atoms with Crippen LogP contribution in [0.25, 0.3) is 10.9 Å². The summed E-state index contributed by atoms with van der Waals surface area (Å²) in [6, 6.07) is 4.95. The first-order valence-corrected chi connectivity index (χ1v) is 6.60. The molecular weight excluding hydrogens is 295 g/mol. The first kappa shape index (κ1) is 13.3. The maximum absolute atomic E-state index is 13.4. The highest BCUT2D eigenvalue weighted by molar-refractivity contribution is 9.10. The standard InChI is InChI=1S/C14H16BrFN2/c1-14(2,3)10-6-8-5-9(16)7-11(15)12(8)18-13(10)17-4/h5-7H,1-4H3,(H,17,18). The third kappa shape index (κ3) is 2.34. The molecule has 0 aliphatic rings. The zero-order valence-electron chi connectivity index (χ0n) is 10.9. The second-order valence-electron chi connectivity index (χ2n) is 5.34. The van der Waals surface area contributed by atoms with Gasteiger partial charge < -0.3 is 5.32 Å². The van der Waals surface area contributed by atoms with Crippen molar-refractivity contribution in [2.24, 2.45) is 0 Å². The minimum atomic E-state index is -0.256. The van der Waals surface area contributed by atoms with Crippen LogP contribution in [0.3, 0.4) is 0 Å². The van der Waals surface area contributed by atoms with E-state index >= 15 is 0 Å². The highest BCUT2D eigenvalue weighted by Crippen LogP contribution is 2.33. The summed E-state index contributed by atoms with van der Waals surface area (Å²) in [5.41, 5.74) is 1.81. The van der Waals surface area contributed by atoms with Crippen molar-refractivity contribution in [3.63, 3.8) is 0 Å². The number of pyridine rings is 1. The van der Waals surface area contributed by atoms with Crippen LogP contribution in [0, 0.1) is 5.82 Å². The van der Waals surface area contributed by atoms with E-state index in [0.29, 0.717) is 4.47 Å². The Balaban J connectivity index is 2.81. The van der Waals surface area contributed by atoms with Crippen molar-refractivity contribution in [2.75, 3.05) is 12.4 Å². The normalized spacial score (nSPS) is 11.9. The Hall–Kier alpha value is -1.16. The number of rotatable bonds is 1. The summed E-state index contributed by atoms with van der Waals surface area (Å²) >= 11 is 3.36. The van der Waals surface area contributed by atoms with Gasteiger partial charge in [0.05, 0.1) is 5.52 Å². The first-order chi connectivity index (χ1) is 8.32. The minimum absolute atomic E-state index is 0.0433. The monoisotopic (exact) mass is 310 g/mol. The smallest absolute Gasteiger partial charge is 0.130 e. The molecule has 0 saturated carbocycles. The molecule has 0 aliphatic heterocycles. The Morgan fingerprint density at radius 2 is 1.89 bits per heavy atom. The van der Waals surface area contributed by atoms with Gasteiger partial charge in [-0.3, -0.25) is 0 Å². The number of nitrogens with one attached hydrogen (secondary N) is 1. The topological polar surface area (TPSA) is 24.9 Å². The molecule has 0 radical (unpaired) electrons. The number of hydrogen-bond donors (Lipinski definition) is 1. The summed E-state index contributed by atoms with van der Waals surface area (Å²) in [6.07, 6.45) is 0. The average molecular weight is 311 g/mol. The van der Waals surface area contributed by atoms with Gasteiger partial charge in [0, 0.05) is 22.5 Å². The number of benzene rings is 1. The molecule has 18 heavy (non-hydrogen) atoms. The van der Waals surface area contributed by atoms with Crippen molar-refractivity contribution in [1.82, 2.24) is 4.98 Å². The Morgan fingerprint density at radius 3 is 2.44 bits per heavy atom. The molecule has 0 amide bonds. The lowest BCUT2D eigenvalue weighted by Gasteiger charge is -2.22. The van der Waals surface area contributed by atoms with Crippen LogP contribution >= 0.6 is 15.9 Å². The van der Waals surface area contributed by atoms with E-state index in [1.807, 2.05) is 13.1 Å². The van der Waals surface area contributed by atoms with Crippen molar-refractivity contribution in [2.45, 2.75) is 26.2 Å². The SMILES string of the molecule is CNc1nc2c(Br)cc(F)cc2cc1C(C)(C)C. The number of anilines is 1. The van der Waals surface area contributed by atoms with Gasteiger partial charge in [-0.15, -0.1) is 0 Å². The highest BCUT2D eigenvalue weighted by Gasteiger charge is 2.20. The van der Waals surface area contributed by atoms with Gasteiger partial charge in [-0.05, 0) is 39.5 Å². The zero-order chi connectivity index (χ0) is 13.5. The van der Waals surface area contributed by atoms with Crippen LogP contribution in [0.1, 0.15) is 26.3 Å². The Morgan fingerprint density at radius 1 is 1.22 bits per heavy atom. The fraction of sp³-hybridized carbons (Fsp3) is 0.357. The molecule has 1 N–H and O–H groups in total. The first-order valence-electron chi connectivity index (χ1n) is 5.81. The fourth-order valence-electron chi connectivity index (χ4n) is 1.97. The minimum Gasteiger partial charge on any atom is -0.373 e. The number of aromatic nitrogens is 1. The lowest BCUT2D eigenvalue weighted by Crippen LogP contribution is -2.15. The number of hydrogen-bond acceptors (Lipinski definition) is 2. The van der Waals surface area contributed by atoms with Gasteiger partial charge in [-0.25, -0.2) is 9.37 Å². The van der Waals surface area contributed by atoms with Crippen LogP contribution in [-0.4, -0.2) is 12.0 Å². The molecule has 2 nitrogen and oxygen atoms in total. The molecular formula is C14H16BrFN2. The predicted octanol–water partition coefficient (Wildman–Crippen LogP) is 4.48. The van der Waals surface area contributed by atoms with Crippen LogP contribution in [0.5, 0.6) is 0 Å². The molecule has 0 atom stereocenters. The number of nitrogens with zero attached hydrogens (tertiary/aromatic N) is 1. The molecule has 0 saturated heterocycles. The maximum atomic E-state index is 13.4. The van der Waals surface area contributed by atoms with E-state index in [0.717, 1.165) is 22.3 Å². The molecule has 96 valence electrons. The van der Waals surface area contributed by atoms with Crippen LogP contribution in [-0.2, 0) is 5.41 Å². The van der Waals surface area contributed by atoms with Crippen LogP contribution < -0.4 is 5.32 Å². The van der Waals surface area contributed by atoms with E-state index in [1.54, 1.807) is 0 Å². The van der Waals surface area contributed by atoms with Gasteiger partial charge in [-0.1, -0.05) is 20.8 Å². The third-order valence-electron chi connectivity index (χ3n) is 2.88. The molecule has 0 aliphatic carbocycles. The van der Waals surface area contributed by atoms with Crippen molar-refractivity contribution in [3.8, 4) is 0 Å². The van der Waals surface area contributed by atoms with Crippen molar-refractivity contribution < 1.29 is 4.39 Å². The second kappa shape index (κ2) is 4.50. The Labute approximate surface area is 115 Å². The van der Waals surface area contributed by atoms with E-state index in [4.69, 9.17) is 0 Å². The highest BCUT2D eigenvalue weighted by atomic mass is 79.9. The molecule has 0 unspecified atom stereocenters. The summed E-state index contributed by atoms with van der Waals surface area (Å²) in [5.74, 6) is 0.579. The molecule has 2 rings (SSSR count). The molecule has 0 bridgehead atoms. The Bertz CT molecular complexity index is 603. The zero-order valence-corrected chi connectivity index (χ0v) is 12.5. The molecule has 0 spiro atoms. The van der Waals surface area contributed by atoms with Crippen molar-refractivity contribution >= 4 is 32.7 Å². The molecule has 1 heterocycles. The van der Waals surface area contributed by atoms with E-state index in [9.17, 15) is 4.39 Å². The van der Waals surface area contributed by atoms with E-state index in [1.165, 1.54) is 12.1 Å². The maximum Gasteiger partial charge on any atom is 0.130 e. The molecule has 2 aromatic rings. The van der Waals surface area contributed by atoms with Gasteiger partial charge in [0.2, 0.25) is 0 Å². The lowest BCUT2D eigenvalue weighted by atomic mass is 9.86. The predicted molar refractivity (Wildman–Crippen MR) is 77.6 cm³/mol. The molecule has 0 fully saturated rings. The number of halogens is 2. The van der Waals surface area contributed by atoms with E-state index < -0.39 is 0 Å². The quantitative estimate of drug-likeness (QED) is 0.840. The van der Waals surface area contributed by atoms with Crippen molar-refractivity contribution in [1.29, 1.82) is 0 Å². The van der Waals surface area contributed by atoms with Crippen molar-refractivity contribution in [3.05, 3.63) is 34.1 Å². The van der Waals surface area contributed by atoms with Gasteiger partial charge in [0.15, 0.2) is 0 Å². The molecule has 1 aromatic heterocycles. The van der Waals surface area contributed by atoms with E-state index in [-0.39, 0.29) is 11.2 Å². The third-order valence-corrected chi connectivity index (χ3v) is 3.49. The average Bonchev–Trinajstić information content (AvgIpc) is 2.26. The van der Waals surface area contributed by atoms with Crippen LogP contribution in [0.15, 0.2) is 22.7 Å². The van der Waals surface area contributed by atoms with Crippen LogP contribution in [0.4, 0.5) is 10.2 Å². The van der Waals surface area contributed by atoms with Gasteiger partial charge in [0.1, 0.15) is 11.6 Å². The molecule has 1 aromatic carbocycles. The largest absolute Gasteiger partial charge is 0.373 e. The fourth-order valence-corrected chi connectivity index (χ4v) is 2.51. The molecule has 4 heteroatoms. The number of fused-ring (bicyclic) bond motifs is 1. The summed E-state index contributed by atoms with van der Waals surface area (Å²) < 4.78 is 14.1. The summed E-state index contributed by atoms with van der Waals surface area (Å²) in [6.45, 7) is 6.35. The second-order valence-corrected chi connectivity index (χ2v) is 6.20. The van der Waals surface area contributed by atoms with E-state index in [2.05, 4.69) is 47.0 Å². The van der Waals surface area contributed by atoms with Gasteiger partial charge >= 0.3 is 0 Å². The summed E-state index contributed by atoms with van der Waals surface area (Å²) in [5, 5.41) is 3.92. The van der Waals surface area contributed by atoms with Crippen LogP contribution in [0.2, 0.25) is 0 Å². The lowest BCUT2D eigenvalue weighted by molar-refractivity contribution is 0.590. The summed E-state index contributed by atoms with van der Waals surface area (Å²) in [4.78, 5) is 4.58. The van der Waals surface area contributed by atoms with Gasteiger partial charge in [0.25, 0.3) is 0 Å². The Kier molecular flexibility index (Phi) is 3.32. The van der Waals surface area contributed by atoms with Gasteiger partial charge in [-0.2, -0.15) is 0 Å².